The second-order valence-electron chi connectivity index (χ2n) is 4.98. The third-order valence-electron chi connectivity index (χ3n) is 3.29. The van der Waals surface area contributed by atoms with Crippen molar-refractivity contribution >= 4 is 29.3 Å². The summed E-state index contributed by atoms with van der Waals surface area (Å²) in [6.45, 7) is 2.44. The zero-order chi connectivity index (χ0) is 17.5. The molecule has 2 amide bonds. The zero-order valence-electron chi connectivity index (χ0n) is 13.3. The topological polar surface area (TPSA) is 93.2 Å². The quantitative estimate of drug-likeness (QED) is 0.810. The minimum Gasteiger partial charge on any atom is -0.464 e. The van der Waals surface area contributed by atoms with Gasteiger partial charge in [-0.25, -0.2) is 14.6 Å². The van der Waals surface area contributed by atoms with Crippen LogP contribution in [-0.4, -0.2) is 35.6 Å². The maximum absolute atomic E-state index is 11.9. The zero-order valence-corrected chi connectivity index (χ0v) is 14.1. The number of nitrogens with one attached hydrogen (secondary N) is 2. The monoisotopic (exact) mass is 348 g/mol. The van der Waals surface area contributed by atoms with Gasteiger partial charge in [0.1, 0.15) is 0 Å². The normalized spacial score (nSPS) is 10.1. The summed E-state index contributed by atoms with van der Waals surface area (Å²) in [4.78, 5) is 31.2. The van der Waals surface area contributed by atoms with E-state index in [9.17, 15) is 9.59 Å². The molecule has 0 fully saturated rings. The average molecular weight is 349 g/mol. The van der Waals surface area contributed by atoms with Gasteiger partial charge in [0.05, 0.1) is 24.0 Å². The first-order chi connectivity index (χ1) is 11.5. The molecule has 0 saturated heterocycles. The van der Waals surface area contributed by atoms with Gasteiger partial charge in [-0.2, -0.15) is 0 Å². The van der Waals surface area contributed by atoms with Crippen molar-refractivity contribution in [2.24, 2.45) is 0 Å². The molecule has 0 bridgehead atoms. The van der Waals surface area contributed by atoms with Crippen molar-refractivity contribution in [1.29, 1.82) is 0 Å². The Morgan fingerprint density at radius 3 is 2.79 bits per heavy atom. The van der Waals surface area contributed by atoms with E-state index in [-0.39, 0.29) is 16.7 Å². The van der Waals surface area contributed by atoms with E-state index in [0.717, 1.165) is 11.1 Å². The molecular weight excluding hydrogens is 332 g/mol. The molecule has 0 atom stereocenters. The van der Waals surface area contributed by atoms with E-state index in [1.54, 1.807) is 12.4 Å². The maximum atomic E-state index is 11.9. The molecule has 0 spiro atoms. The van der Waals surface area contributed by atoms with Gasteiger partial charge in [0, 0.05) is 18.9 Å². The number of anilines is 1. The van der Waals surface area contributed by atoms with Crippen LogP contribution in [0.15, 0.2) is 30.7 Å². The minimum atomic E-state index is -0.635. The van der Waals surface area contributed by atoms with Crippen LogP contribution >= 0.6 is 11.6 Å². The molecule has 7 nitrogen and oxygen atoms in total. The minimum absolute atomic E-state index is 0.00159. The lowest BCUT2D eigenvalue weighted by molar-refractivity contribution is 0.0594. The summed E-state index contributed by atoms with van der Waals surface area (Å²) in [5, 5.41) is 5.45. The molecule has 0 radical (unpaired) electrons. The Kier molecular flexibility index (Phi) is 6.08. The Bertz CT molecular complexity index is 752. The summed E-state index contributed by atoms with van der Waals surface area (Å²) >= 11 is 5.95. The third kappa shape index (κ3) is 4.66. The van der Waals surface area contributed by atoms with E-state index in [2.05, 4.69) is 25.3 Å². The fourth-order valence-electron chi connectivity index (χ4n) is 2.02. The number of aromatic nitrogens is 2. The van der Waals surface area contributed by atoms with Crippen LogP contribution in [0.2, 0.25) is 5.02 Å². The molecular formula is C16H17ClN4O3. The van der Waals surface area contributed by atoms with Crippen molar-refractivity contribution in [3.05, 3.63) is 52.6 Å². The van der Waals surface area contributed by atoms with Gasteiger partial charge in [-0.05, 0) is 36.6 Å². The van der Waals surface area contributed by atoms with Gasteiger partial charge in [-0.15, -0.1) is 0 Å². The Hall–Kier alpha value is -2.67. The number of hydrogen-bond donors (Lipinski definition) is 2. The molecule has 8 heteroatoms. The Morgan fingerprint density at radius 2 is 2.12 bits per heavy atom. The number of carbonyl (C=O) groups excluding carboxylic acids is 2. The molecule has 0 unspecified atom stereocenters. The van der Waals surface area contributed by atoms with E-state index in [4.69, 9.17) is 11.6 Å². The van der Waals surface area contributed by atoms with Crippen molar-refractivity contribution in [2.45, 2.75) is 13.3 Å². The van der Waals surface area contributed by atoms with Crippen molar-refractivity contribution in [1.82, 2.24) is 15.3 Å². The van der Waals surface area contributed by atoms with Gasteiger partial charge in [-0.1, -0.05) is 11.6 Å². The largest absolute Gasteiger partial charge is 0.464 e. The highest BCUT2D eigenvalue weighted by Gasteiger charge is 2.13. The first-order valence-electron chi connectivity index (χ1n) is 7.19. The van der Waals surface area contributed by atoms with Crippen LogP contribution in [0, 0.1) is 6.92 Å². The molecule has 2 aromatic heterocycles. The van der Waals surface area contributed by atoms with E-state index in [0.29, 0.717) is 18.7 Å². The van der Waals surface area contributed by atoms with Crippen LogP contribution in [0.4, 0.5) is 10.5 Å². The summed E-state index contributed by atoms with van der Waals surface area (Å²) in [7, 11) is 1.24. The molecule has 2 aromatic rings. The summed E-state index contributed by atoms with van der Waals surface area (Å²) < 4.78 is 4.55. The molecule has 2 heterocycles. The fourth-order valence-corrected chi connectivity index (χ4v) is 2.27. The first-order valence-corrected chi connectivity index (χ1v) is 7.57. The van der Waals surface area contributed by atoms with Crippen molar-refractivity contribution in [3.8, 4) is 0 Å². The molecule has 0 aliphatic rings. The predicted molar refractivity (Wildman–Crippen MR) is 90.3 cm³/mol. The molecule has 126 valence electrons. The molecule has 0 aromatic carbocycles. The SMILES string of the molecule is COC(=O)c1ncc(NC(=O)NCCc2ccncc2C)cc1Cl. The molecule has 24 heavy (non-hydrogen) atoms. The Morgan fingerprint density at radius 1 is 1.33 bits per heavy atom. The number of carbonyl (C=O) groups is 2. The van der Waals surface area contributed by atoms with E-state index >= 15 is 0 Å². The second kappa shape index (κ2) is 8.26. The summed E-state index contributed by atoms with van der Waals surface area (Å²) in [5.74, 6) is -0.635. The van der Waals surface area contributed by atoms with Gasteiger partial charge >= 0.3 is 12.0 Å². The molecule has 0 aliphatic carbocycles. The summed E-state index contributed by atoms with van der Waals surface area (Å²) in [5.41, 5.74) is 2.58. The number of pyridine rings is 2. The maximum Gasteiger partial charge on any atom is 0.358 e. The third-order valence-corrected chi connectivity index (χ3v) is 3.58. The number of esters is 1. The van der Waals surface area contributed by atoms with Gasteiger partial charge in [-0.3, -0.25) is 4.98 Å². The number of nitrogens with zero attached hydrogens (tertiary/aromatic N) is 2. The number of amides is 2. The van der Waals surface area contributed by atoms with Gasteiger partial charge < -0.3 is 15.4 Å². The highest BCUT2D eigenvalue weighted by Crippen LogP contribution is 2.19. The van der Waals surface area contributed by atoms with Gasteiger partial charge in [0.15, 0.2) is 5.69 Å². The molecule has 2 N–H and O–H groups in total. The number of halogens is 1. The van der Waals surface area contributed by atoms with Gasteiger partial charge in [0.2, 0.25) is 0 Å². The van der Waals surface area contributed by atoms with Crippen molar-refractivity contribution in [3.63, 3.8) is 0 Å². The van der Waals surface area contributed by atoms with E-state index in [1.807, 2.05) is 13.0 Å². The lowest BCUT2D eigenvalue weighted by Gasteiger charge is -2.09. The Balaban J connectivity index is 1.87. The second-order valence-corrected chi connectivity index (χ2v) is 5.39. The van der Waals surface area contributed by atoms with Crippen LogP contribution in [0.3, 0.4) is 0 Å². The van der Waals surface area contributed by atoms with Gasteiger partial charge in [0.25, 0.3) is 0 Å². The Labute approximate surface area is 144 Å². The predicted octanol–water partition coefficient (Wildman–Crippen LogP) is 2.59. The number of ether oxygens (including phenoxy) is 1. The molecule has 0 saturated carbocycles. The average Bonchev–Trinajstić information content (AvgIpc) is 2.56. The smallest absolute Gasteiger partial charge is 0.358 e. The number of methoxy groups -OCH3 is 1. The summed E-state index contributed by atoms with van der Waals surface area (Å²) in [6.07, 6.45) is 5.54. The molecule has 0 aliphatic heterocycles. The van der Waals surface area contributed by atoms with Crippen LogP contribution in [0.5, 0.6) is 0 Å². The van der Waals surface area contributed by atoms with Crippen LogP contribution in [0.1, 0.15) is 21.6 Å². The lowest BCUT2D eigenvalue weighted by Crippen LogP contribution is -2.30. The van der Waals surface area contributed by atoms with Crippen molar-refractivity contribution < 1.29 is 14.3 Å². The first kappa shape index (κ1) is 17.7. The van der Waals surface area contributed by atoms with E-state index in [1.165, 1.54) is 19.4 Å². The lowest BCUT2D eigenvalue weighted by atomic mass is 10.1. The number of aryl methyl sites for hydroxylation is 1. The van der Waals surface area contributed by atoms with Crippen molar-refractivity contribution in [2.75, 3.05) is 19.0 Å². The molecule has 2 rings (SSSR count). The van der Waals surface area contributed by atoms with Crippen LogP contribution < -0.4 is 10.6 Å². The van der Waals surface area contributed by atoms with Crippen LogP contribution in [-0.2, 0) is 11.2 Å². The number of hydrogen-bond acceptors (Lipinski definition) is 5. The summed E-state index contributed by atoms with van der Waals surface area (Å²) in [6, 6.07) is 2.97. The fraction of sp³-hybridized carbons (Fsp3) is 0.250. The highest BCUT2D eigenvalue weighted by molar-refractivity contribution is 6.33. The number of rotatable bonds is 5. The number of urea groups is 1. The standard InChI is InChI=1S/C16H17ClN4O3/c1-10-8-18-5-3-11(10)4-6-19-16(23)21-12-7-13(17)14(20-9-12)15(22)24-2/h3,5,7-9H,4,6H2,1-2H3,(H2,19,21,23). The van der Waals surface area contributed by atoms with Crippen LogP contribution in [0.25, 0.3) is 0 Å². The van der Waals surface area contributed by atoms with E-state index < -0.39 is 5.97 Å². The highest BCUT2D eigenvalue weighted by atomic mass is 35.5.